The SMILES string of the molecule is C[C@H](NC(=O)c1ccc2c(c1)CNC2)C(=O)O. The van der Waals surface area contributed by atoms with Gasteiger partial charge in [0, 0.05) is 18.7 Å². The van der Waals surface area contributed by atoms with Crippen LogP contribution < -0.4 is 10.6 Å². The van der Waals surface area contributed by atoms with Crippen LogP contribution >= 0.6 is 0 Å². The molecule has 0 saturated carbocycles. The highest BCUT2D eigenvalue weighted by molar-refractivity contribution is 5.96. The molecular weight excluding hydrogens is 220 g/mol. The van der Waals surface area contributed by atoms with E-state index >= 15 is 0 Å². The Kier molecular flexibility index (Phi) is 3.10. The summed E-state index contributed by atoms with van der Waals surface area (Å²) in [6.07, 6.45) is 0. The molecule has 2 rings (SSSR count). The van der Waals surface area contributed by atoms with Crippen LogP contribution in [0.2, 0.25) is 0 Å². The summed E-state index contributed by atoms with van der Waals surface area (Å²) in [5.41, 5.74) is 2.79. The second-order valence-corrected chi connectivity index (χ2v) is 4.12. The summed E-state index contributed by atoms with van der Waals surface area (Å²) in [6.45, 7) is 3.02. The van der Waals surface area contributed by atoms with Crippen LogP contribution in [-0.2, 0) is 17.9 Å². The maximum Gasteiger partial charge on any atom is 0.325 e. The molecule has 0 unspecified atom stereocenters. The Morgan fingerprint density at radius 1 is 1.35 bits per heavy atom. The number of hydrogen-bond donors (Lipinski definition) is 3. The van der Waals surface area contributed by atoms with Crippen molar-refractivity contribution in [3.63, 3.8) is 0 Å². The summed E-state index contributed by atoms with van der Waals surface area (Å²) >= 11 is 0. The molecule has 90 valence electrons. The average Bonchev–Trinajstić information content (AvgIpc) is 2.75. The first kappa shape index (κ1) is 11.6. The third-order valence-electron chi connectivity index (χ3n) is 2.82. The number of benzene rings is 1. The van der Waals surface area contributed by atoms with Gasteiger partial charge in [0.2, 0.25) is 0 Å². The van der Waals surface area contributed by atoms with E-state index < -0.39 is 12.0 Å². The Hall–Kier alpha value is -1.88. The number of amides is 1. The van der Waals surface area contributed by atoms with Gasteiger partial charge in [-0.05, 0) is 30.2 Å². The second-order valence-electron chi connectivity index (χ2n) is 4.12. The van der Waals surface area contributed by atoms with Crippen LogP contribution in [0.3, 0.4) is 0 Å². The number of rotatable bonds is 3. The summed E-state index contributed by atoms with van der Waals surface area (Å²) in [5.74, 6) is -1.39. The molecule has 1 heterocycles. The van der Waals surface area contributed by atoms with Crippen molar-refractivity contribution in [2.24, 2.45) is 0 Å². The summed E-state index contributed by atoms with van der Waals surface area (Å²) < 4.78 is 0. The van der Waals surface area contributed by atoms with Gasteiger partial charge in [-0.25, -0.2) is 0 Å². The summed E-state index contributed by atoms with van der Waals surface area (Å²) in [7, 11) is 0. The fourth-order valence-corrected chi connectivity index (χ4v) is 1.78. The van der Waals surface area contributed by atoms with E-state index in [4.69, 9.17) is 5.11 Å². The van der Waals surface area contributed by atoms with Crippen molar-refractivity contribution in [3.05, 3.63) is 34.9 Å². The number of hydrogen-bond acceptors (Lipinski definition) is 3. The van der Waals surface area contributed by atoms with E-state index in [0.29, 0.717) is 5.56 Å². The highest BCUT2D eigenvalue weighted by Crippen LogP contribution is 2.16. The molecule has 1 amide bonds. The van der Waals surface area contributed by atoms with Crippen molar-refractivity contribution in [1.29, 1.82) is 0 Å². The van der Waals surface area contributed by atoms with Gasteiger partial charge in [0.1, 0.15) is 6.04 Å². The summed E-state index contributed by atoms with van der Waals surface area (Å²) in [5, 5.41) is 14.3. The molecule has 1 aromatic rings. The smallest absolute Gasteiger partial charge is 0.325 e. The lowest BCUT2D eigenvalue weighted by molar-refractivity contribution is -0.138. The van der Waals surface area contributed by atoms with Crippen molar-refractivity contribution in [3.8, 4) is 0 Å². The molecule has 0 spiro atoms. The minimum absolute atomic E-state index is 0.352. The van der Waals surface area contributed by atoms with E-state index in [2.05, 4.69) is 10.6 Å². The number of nitrogens with one attached hydrogen (secondary N) is 2. The van der Waals surface area contributed by atoms with E-state index in [0.717, 1.165) is 18.7 Å². The zero-order valence-corrected chi connectivity index (χ0v) is 9.49. The van der Waals surface area contributed by atoms with Gasteiger partial charge in [0.25, 0.3) is 5.91 Å². The van der Waals surface area contributed by atoms with Crippen LogP contribution in [0.1, 0.15) is 28.4 Å². The Morgan fingerprint density at radius 3 is 2.76 bits per heavy atom. The number of aliphatic carboxylic acids is 1. The monoisotopic (exact) mass is 234 g/mol. The molecule has 0 aliphatic carbocycles. The van der Waals surface area contributed by atoms with E-state index in [1.54, 1.807) is 12.1 Å². The predicted octanol–water partition coefficient (Wildman–Crippen LogP) is 0.493. The molecule has 17 heavy (non-hydrogen) atoms. The third-order valence-corrected chi connectivity index (χ3v) is 2.82. The normalized spacial score (nSPS) is 15.1. The van der Waals surface area contributed by atoms with Gasteiger partial charge in [0.05, 0.1) is 0 Å². The molecule has 5 nitrogen and oxygen atoms in total. The zero-order chi connectivity index (χ0) is 12.4. The van der Waals surface area contributed by atoms with Crippen LogP contribution in [0, 0.1) is 0 Å². The molecule has 0 fully saturated rings. The fraction of sp³-hybridized carbons (Fsp3) is 0.333. The Labute approximate surface area is 98.8 Å². The molecule has 1 aliphatic rings. The van der Waals surface area contributed by atoms with Gasteiger partial charge in [0.15, 0.2) is 0 Å². The van der Waals surface area contributed by atoms with Crippen molar-refractivity contribution < 1.29 is 14.7 Å². The highest BCUT2D eigenvalue weighted by atomic mass is 16.4. The van der Waals surface area contributed by atoms with Crippen molar-refractivity contribution in [2.75, 3.05) is 0 Å². The molecule has 1 aliphatic heterocycles. The van der Waals surface area contributed by atoms with Gasteiger partial charge in [-0.15, -0.1) is 0 Å². The molecule has 1 atom stereocenters. The van der Waals surface area contributed by atoms with Crippen LogP contribution in [0.25, 0.3) is 0 Å². The van der Waals surface area contributed by atoms with Crippen LogP contribution in [0.15, 0.2) is 18.2 Å². The predicted molar refractivity (Wildman–Crippen MR) is 61.5 cm³/mol. The molecule has 0 bridgehead atoms. The van der Waals surface area contributed by atoms with Crippen molar-refractivity contribution in [1.82, 2.24) is 10.6 Å². The Balaban J connectivity index is 2.12. The summed E-state index contributed by atoms with van der Waals surface area (Å²) in [4.78, 5) is 22.4. The molecule has 0 aromatic heterocycles. The average molecular weight is 234 g/mol. The number of fused-ring (bicyclic) bond motifs is 1. The van der Waals surface area contributed by atoms with Gasteiger partial charge in [-0.3, -0.25) is 9.59 Å². The van der Waals surface area contributed by atoms with Gasteiger partial charge in [-0.2, -0.15) is 0 Å². The van der Waals surface area contributed by atoms with Crippen molar-refractivity contribution in [2.45, 2.75) is 26.1 Å². The first-order valence-electron chi connectivity index (χ1n) is 5.44. The molecule has 1 aromatic carbocycles. The Morgan fingerprint density at radius 2 is 2.06 bits per heavy atom. The van der Waals surface area contributed by atoms with Crippen molar-refractivity contribution >= 4 is 11.9 Å². The molecule has 0 saturated heterocycles. The quantitative estimate of drug-likeness (QED) is 0.711. The first-order chi connectivity index (χ1) is 8.08. The van der Waals surface area contributed by atoms with Crippen LogP contribution in [0.5, 0.6) is 0 Å². The molecule has 0 radical (unpaired) electrons. The largest absolute Gasteiger partial charge is 0.480 e. The Bertz CT molecular complexity index is 471. The van der Waals surface area contributed by atoms with E-state index in [1.165, 1.54) is 12.5 Å². The van der Waals surface area contributed by atoms with Gasteiger partial charge in [-0.1, -0.05) is 6.07 Å². The number of carbonyl (C=O) groups is 2. The standard InChI is InChI=1S/C12H14N2O3/c1-7(12(16)17)14-11(15)8-2-3-9-5-13-6-10(9)4-8/h2-4,7,13H,5-6H2,1H3,(H,14,15)(H,16,17)/t7-/m0/s1. The maximum absolute atomic E-state index is 11.8. The van der Waals surface area contributed by atoms with E-state index in [-0.39, 0.29) is 5.91 Å². The molecular formula is C12H14N2O3. The maximum atomic E-state index is 11.8. The topological polar surface area (TPSA) is 78.4 Å². The lowest BCUT2D eigenvalue weighted by atomic mass is 10.1. The highest BCUT2D eigenvalue weighted by Gasteiger charge is 2.17. The number of carboxylic acid groups (broad SMARTS) is 1. The second kappa shape index (κ2) is 4.55. The lowest BCUT2D eigenvalue weighted by Gasteiger charge is -2.09. The van der Waals surface area contributed by atoms with Gasteiger partial charge < -0.3 is 15.7 Å². The third kappa shape index (κ3) is 2.45. The number of carboxylic acids is 1. The first-order valence-corrected chi connectivity index (χ1v) is 5.44. The lowest BCUT2D eigenvalue weighted by Crippen LogP contribution is -2.38. The zero-order valence-electron chi connectivity index (χ0n) is 9.49. The van der Waals surface area contributed by atoms with Gasteiger partial charge >= 0.3 is 5.97 Å². The van der Waals surface area contributed by atoms with E-state index in [1.807, 2.05) is 6.07 Å². The summed E-state index contributed by atoms with van der Waals surface area (Å²) in [6, 6.07) is 4.54. The molecule has 5 heteroatoms. The van der Waals surface area contributed by atoms with Crippen LogP contribution in [-0.4, -0.2) is 23.0 Å². The molecule has 3 N–H and O–H groups in total. The van der Waals surface area contributed by atoms with Crippen LogP contribution in [0.4, 0.5) is 0 Å². The minimum Gasteiger partial charge on any atom is -0.480 e. The number of carbonyl (C=O) groups excluding carboxylic acids is 1. The van der Waals surface area contributed by atoms with E-state index in [9.17, 15) is 9.59 Å². The minimum atomic E-state index is -1.04. The fourth-order valence-electron chi connectivity index (χ4n) is 1.78.